The van der Waals surface area contributed by atoms with Crippen LogP contribution in [0.5, 0.6) is 0 Å². The lowest BCUT2D eigenvalue weighted by molar-refractivity contribution is 0.101. The van der Waals surface area contributed by atoms with Crippen molar-refractivity contribution in [2.75, 3.05) is 18.0 Å². The molecule has 1 aliphatic heterocycles. The number of carbonyl (C=O) groups is 1. The van der Waals surface area contributed by atoms with Crippen molar-refractivity contribution >= 4 is 11.6 Å². The Morgan fingerprint density at radius 2 is 2.14 bits per heavy atom. The zero-order valence-corrected chi connectivity index (χ0v) is 12.8. The third kappa shape index (κ3) is 2.51. The molecule has 4 rings (SSSR count). The Labute approximate surface area is 130 Å². The van der Waals surface area contributed by atoms with Crippen LogP contribution in [0.3, 0.4) is 0 Å². The van der Waals surface area contributed by atoms with Gasteiger partial charge in [0, 0.05) is 25.5 Å². The van der Waals surface area contributed by atoms with Crippen LogP contribution in [0.1, 0.15) is 42.1 Å². The summed E-state index contributed by atoms with van der Waals surface area (Å²) in [7, 11) is 0. The van der Waals surface area contributed by atoms with Gasteiger partial charge in [-0.2, -0.15) is 5.10 Å². The van der Waals surface area contributed by atoms with Crippen LogP contribution in [0.2, 0.25) is 0 Å². The number of ketones is 1. The van der Waals surface area contributed by atoms with Crippen molar-refractivity contribution in [1.82, 2.24) is 14.8 Å². The Kier molecular flexibility index (Phi) is 3.03. The summed E-state index contributed by atoms with van der Waals surface area (Å²) in [6.45, 7) is 4.50. The van der Waals surface area contributed by atoms with Gasteiger partial charge in [0.05, 0.1) is 18.3 Å². The molecule has 1 spiro atoms. The van der Waals surface area contributed by atoms with Gasteiger partial charge in [0.15, 0.2) is 5.78 Å². The van der Waals surface area contributed by atoms with E-state index in [1.807, 2.05) is 6.20 Å². The molecule has 1 saturated heterocycles. The zero-order valence-electron chi connectivity index (χ0n) is 12.8. The minimum atomic E-state index is 0.0442. The summed E-state index contributed by atoms with van der Waals surface area (Å²) in [5.74, 6) is 1.13. The smallest absolute Gasteiger partial charge is 0.162 e. The SMILES string of the molecule is CC(=O)c1cnn(Cc2ccc(N3CCC4(CC4)C3)nc2)c1. The summed E-state index contributed by atoms with van der Waals surface area (Å²) < 4.78 is 1.78. The molecule has 0 unspecified atom stereocenters. The average Bonchev–Trinajstić information content (AvgIpc) is 2.93. The van der Waals surface area contributed by atoms with Crippen LogP contribution < -0.4 is 4.90 Å². The van der Waals surface area contributed by atoms with Crippen LogP contribution >= 0.6 is 0 Å². The lowest BCUT2D eigenvalue weighted by atomic mass is 10.1. The Bertz CT molecular complexity index is 700. The van der Waals surface area contributed by atoms with Gasteiger partial charge in [0.1, 0.15) is 5.82 Å². The molecule has 0 N–H and O–H groups in total. The van der Waals surface area contributed by atoms with E-state index in [0.29, 0.717) is 17.5 Å². The number of anilines is 1. The zero-order chi connectivity index (χ0) is 15.2. The standard InChI is InChI=1S/C17H20N4O/c1-13(22)15-9-19-21(11-15)10-14-2-3-16(18-8-14)20-7-6-17(12-20)4-5-17/h2-3,8-9,11H,4-7,10,12H2,1H3. The summed E-state index contributed by atoms with van der Waals surface area (Å²) in [6, 6.07) is 4.21. The summed E-state index contributed by atoms with van der Waals surface area (Å²) in [5.41, 5.74) is 2.37. The third-order valence-corrected chi connectivity index (χ3v) is 4.91. The molecule has 0 bridgehead atoms. The van der Waals surface area contributed by atoms with Crippen LogP contribution in [0, 0.1) is 5.41 Å². The largest absolute Gasteiger partial charge is 0.356 e. The van der Waals surface area contributed by atoms with E-state index in [1.54, 1.807) is 24.0 Å². The quantitative estimate of drug-likeness (QED) is 0.814. The highest BCUT2D eigenvalue weighted by Gasteiger charge is 2.47. The van der Waals surface area contributed by atoms with Crippen LogP contribution in [-0.2, 0) is 6.54 Å². The molecule has 5 nitrogen and oxygen atoms in total. The van der Waals surface area contributed by atoms with E-state index in [1.165, 1.54) is 25.8 Å². The van der Waals surface area contributed by atoms with Crippen molar-refractivity contribution in [3.63, 3.8) is 0 Å². The number of carbonyl (C=O) groups excluding carboxylic acids is 1. The number of aromatic nitrogens is 3. The fourth-order valence-electron chi connectivity index (χ4n) is 3.23. The third-order valence-electron chi connectivity index (χ3n) is 4.91. The molecule has 3 heterocycles. The maximum absolute atomic E-state index is 11.3. The van der Waals surface area contributed by atoms with E-state index >= 15 is 0 Å². The monoisotopic (exact) mass is 296 g/mol. The lowest BCUT2D eigenvalue weighted by Crippen LogP contribution is -2.21. The van der Waals surface area contributed by atoms with Gasteiger partial charge in [-0.15, -0.1) is 0 Å². The van der Waals surface area contributed by atoms with E-state index in [0.717, 1.165) is 17.9 Å². The molecular formula is C17H20N4O. The van der Waals surface area contributed by atoms with Crippen molar-refractivity contribution in [2.45, 2.75) is 32.7 Å². The van der Waals surface area contributed by atoms with Crippen molar-refractivity contribution in [2.24, 2.45) is 5.41 Å². The van der Waals surface area contributed by atoms with E-state index in [2.05, 4.69) is 27.1 Å². The number of nitrogens with zero attached hydrogens (tertiary/aromatic N) is 4. The summed E-state index contributed by atoms with van der Waals surface area (Å²) in [4.78, 5) is 18.3. The predicted octanol–water partition coefficient (Wildman–Crippen LogP) is 2.52. The molecule has 0 aromatic carbocycles. The molecule has 0 radical (unpaired) electrons. The minimum absolute atomic E-state index is 0.0442. The second kappa shape index (κ2) is 4.93. The van der Waals surface area contributed by atoms with Crippen molar-refractivity contribution in [1.29, 1.82) is 0 Å². The van der Waals surface area contributed by atoms with Gasteiger partial charge in [-0.25, -0.2) is 4.98 Å². The molecule has 2 aliphatic rings. The Morgan fingerprint density at radius 3 is 2.73 bits per heavy atom. The van der Waals surface area contributed by atoms with E-state index in [4.69, 9.17) is 0 Å². The molecule has 0 amide bonds. The van der Waals surface area contributed by atoms with Crippen molar-refractivity contribution < 1.29 is 4.79 Å². The predicted molar refractivity (Wildman–Crippen MR) is 84.1 cm³/mol. The van der Waals surface area contributed by atoms with Gasteiger partial charge >= 0.3 is 0 Å². The molecule has 0 atom stereocenters. The normalized spacial score (nSPS) is 18.9. The maximum Gasteiger partial charge on any atom is 0.162 e. The second-order valence-electron chi connectivity index (χ2n) is 6.68. The number of pyridine rings is 1. The van der Waals surface area contributed by atoms with E-state index < -0.39 is 0 Å². The first-order valence-electron chi connectivity index (χ1n) is 7.87. The fourth-order valence-corrected chi connectivity index (χ4v) is 3.23. The van der Waals surface area contributed by atoms with Gasteiger partial charge in [-0.1, -0.05) is 6.07 Å². The lowest BCUT2D eigenvalue weighted by Gasteiger charge is -2.17. The van der Waals surface area contributed by atoms with Crippen LogP contribution in [0.4, 0.5) is 5.82 Å². The molecule has 2 aromatic rings. The van der Waals surface area contributed by atoms with Crippen LogP contribution in [-0.4, -0.2) is 33.6 Å². The van der Waals surface area contributed by atoms with Gasteiger partial charge in [-0.05, 0) is 43.2 Å². The highest BCUT2D eigenvalue weighted by molar-refractivity contribution is 5.93. The summed E-state index contributed by atoms with van der Waals surface area (Å²) in [5, 5.41) is 4.22. The average molecular weight is 296 g/mol. The highest BCUT2D eigenvalue weighted by atomic mass is 16.1. The van der Waals surface area contributed by atoms with Gasteiger partial charge in [-0.3, -0.25) is 9.48 Å². The van der Waals surface area contributed by atoms with Crippen molar-refractivity contribution in [3.05, 3.63) is 41.9 Å². The number of hydrogen-bond donors (Lipinski definition) is 0. The molecule has 2 aromatic heterocycles. The number of Topliss-reactive ketones (excluding diaryl/α,β-unsaturated/α-hetero) is 1. The fraction of sp³-hybridized carbons (Fsp3) is 0.471. The number of hydrogen-bond acceptors (Lipinski definition) is 4. The number of rotatable bonds is 4. The molecule has 5 heteroatoms. The molecule has 22 heavy (non-hydrogen) atoms. The minimum Gasteiger partial charge on any atom is -0.356 e. The summed E-state index contributed by atoms with van der Waals surface area (Å²) in [6.07, 6.45) is 9.41. The summed E-state index contributed by atoms with van der Waals surface area (Å²) >= 11 is 0. The van der Waals surface area contributed by atoms with Crippen LogP contribution in [0.25, 0.3) is 0 Å². The van der Waals surface area contributed by atoms with Crippen LogP contribution in [0.15, 0.2) is 30.7 Å². The molecule has 114 valence electrons. The first kappa shape index (κ1) is 13.5. The van der Waals surface area contributed by atoms with E-state index in [-0.39, 0.29) is 5.78 Å². The Hall–Kier alpha value is -2.17. The Morgan fingerprint density at radius 1 is 1.27 bits per heavy atom. The first-order chi connectivity index (χ1) is 10.6. The Balaban J connectivity index is 1.44. The van der Waals surface area contributed by atoms with E-state index in [9.17, 15) is 4.79 Å². The maximum atomic E-state index is 11.3. The first-order valence-corrected chi connectivity index (χ1v) is 7.87. The van der Waals surface area contributed by atoms with Crippen molar-refractivity contribution in [3.8, 4) is 0 Å². The molecular weight excluding hydrogens is 276 g/mol. The second-order valence-corrected chi connectivity index (χ2v) is 6.68. The highest BCUT2D eigenvalue weighted by Crippen LogP contribution is 2.53. The van der Waals surface area contributed by atoms with Gasteiger partial charge in [0.2, 0.25) is 0 Å². The molecule has 2 fully saturated rings. The van der Waals surface area contributed by atoms with Gasteiger partial charge in [0.25, 0.3) is 0 Å². The van der Waals surface area contributed by atoms with Gasteiger partial charge < -0.3 is 4.90 Å². The molecule has 1 saturated carbocycles. The molecule has 1 aliphatic carbocycles. The topological polar surface area (TPSA) is 51.0 Å².